The van der Waals surface area contributed by atoms with Crippen LogP contribution in [0.3, 0.4) is 0 Å². The number of rotatable bonds is 5. The van der Waals surface area contributed by atoms with Crippen molar-refractivity contribution in [2.24, 2.45) is 0 Å². The SMILES string of the molecule is C[Si]1(c2ccccc2)OCc2cc(OCC[Si](Cl)(Cl)Cl)ccc2O1. The van der Waals surface area contributed by atoms with E-state index in [2.05, 4.69) is 18.7 Å². The standard InChI is InChI=1S/C16H17Cl3O3Si2/c1-23(15-5-3-2-4-6-15)21-12-13-11-14(7-8-16(13)22-23)20-9-10-24(17,18)19/h2-8,11H,9-10,12H2,1H3. The Balaban J connectivity index is 1.70. The van der Waals surface area contributed by atoms with Crippen molar-refractivity contribution in [1.29, 1.82) is 0 Å². The van der Waals surface area contributed by atoms with Gasteiger partial charge in [-0.2, -0.15) is 0 Å². The van der Waals surface area contributed by atoms with Crippen molar-refractivity contribution in [3.8, 4) is 11.5 Å². The third-order valence-corrected chi connectivity index (χ3v) is 8.95. The van der Waals surface area contributed by atoms with Gasteiger partial charge in [-0.15, -0.1) is 33.2 Å². The van der Waals surface area contributed by atoms with Crippen LogP contribution >= 0.6 is 33.2 Å². The molecule has 3 rings (SSSR count). The fourth-order valence-electron chi connectivity index (χ4n) is 2.48. The summed E-state index contributed by atoms with van der Waals surface area (Å²) < 4.78 is 18.0. The minimum Gasteiger partial charge on any atom is -0.517 e. The number of halogens is 3. The van der Waals surface area contributed by atoms with Crippen molar-refractivity contribution >= 4 is 53.0 Å². The lowest BCUT2D eigenvalue weighted by Crippen LogP contribution is -2.55. The lowest BCUT2D eigenvalue weighted by Gasteiger charge is -2.33. The van der Waals surface area contributed by atoms with Crippen molar-refractivity contribution < 1.29 is 13.6 Å². The Hall–Kier alpha value is -0.696. The molecule has 0 radical (unpaired) electrons. The second kappa shape index (κ2) is 7.27. The summed E-state index contributed by atoms with van der Waals surface area (Å²) in [5, 5.41) is 1.11. The van der Waals surface area contributed by atoms with Crippen molar-refractivity contribution in [1.82, 2.24) is 0 Å². The van der Waals surface area contributed by atoms with Crippen LogP contribution in [0.5, 0.6) is 11.5 Å². The van der Waals surface area contributed by atoms with E-state index in [0.717, 1.165) is 22.2 Å². The molecule has 0 fully saturated rings. The highest BCUT2D eigenvalue weighted by Crippen LogP contribution is 2.32. The largest absolute Gasteiger partial charge is 0.517 e. The first-order valence-corrected chi connectivity index (χ1v) is 15.1. The zero-order chi connectivity index (χ0) is 17.2. The molecule has 0 aromatic heterocycles. The first-order chi connectivity index (χ1) is 11.4. The van der Waals surface area contributed by atoms with Gasteiger partial charge in [-0.3, -0.25) is 0 Å². The number of hydrogen-bond donors (Lipinski definition) is 0. The fourth-order valence-corrected chi connectivity index (χ4v) is 5.70. The average molecular weight is 420 g/mol. The van der Waals surface area contributed by atoms with Gasteiger partial charge in [-0.1, -0.05) is 30.3 Å². The summed E-state index contributed by atoms with van der Waals surface area (Å²) in [6.45, 7) is 2.95. The molecular formula is C16H17Cl3O3Si2. The zero-order valence-corrected chi connectivity index (χ0v) is 17.4. The molecule has 24 heavy (non-hydrogen) atoms. The molecule has 1 atom stereocenters. The molecule has 0 saturated carbocycles. The van der Waals surface area contributed by atoms with E-state index < -0.39 is 14.6 Å². The van der Waals surface area contributed by atoms with E-state index in [0.29, 0.717) is 19.3 Å². The average Bonchev–Trinajstić information content (AvgIpc) is 2.55. The molecule has 128 valence electrons. The van der Waals surface area contributed by atoms with Crippen LogP contribution in [-0.2, 0) is 11.0 Å². The molecule has 0 amide bonds. The van der Waals surface area contributed by atoms with Crippen LogP contribution < -0.4 is 14.3 Å². The second-order valence-corrected chi connectivity index (χ2v) is 17.9. The van der Waals surface area contributed by atoms with Crippen LogP contribution in [0.15, 0.2) is 48.5 Å². The van der Waals surface area contributed by atoms with Gasteiger partial charge in [0.15, 0.2) is 0 Å². The maximum Gasteiger partial charge on any atom is 0.430 e. The van der Waals surface area contributed by atoms with Crippen molar-refractivity contribution in [3.63, 3.8) is 0 Å². The Morgan fingerprint density at radius 1 is 1.12 bits per heavy atom. The molecule has 1 aliphatic rings. The zero-order valence-electron chi connectivity index (χ0n) is 13.1. The predicted molar refractivity (Wildman–Crippen MR) is 103 cm³/mol. The van der Waals surface area contributed by atoms with E-state index in [1.165, 1.54) is 0 Å². The minimum atomic E-state index is -2.65. The summed E-state index contributed by atoms with van der Waals surface area (Å²) in [5.74, 6) is 1.58. The summed E-state index contributed by atoms with van der Waals surface area (Å²) in [6, 6.07) is 13.6. The molecule has 3 nitrogen and oxygen atoms in total. The first kappa shape index (κ1) is 18.1. The molecule has 1 aliphatic heterocycles. The number of fused-ring (bicyclic) bond motifs is 1. The highest BCUT2D eigenvalue weighted by Gasteiger charge is 2.40. The van der Waals surface area contributed by atoms with E-state index in [-0.39, 0.29) is 0 Å². The highest BCUT2D eigenvalue weighted by molar-refractivity contribution is 7.64. The van der Waals surface area contributed by atoms with E-state index >= 15 is 0 Å². The Morgan fingerprint density at radius 3 is 2.58 bits per heavy atom. The molecule has 0 aliphatic carbocycles. The third kappa shape index (κ3) is 4.47. The Labute approximate surface area is 157 Å². The van der Waals surface area contributed by atoms with E-state index in [1.54, 1.807) is 0 Å². The van der Waals surface area contributed by atoms with Gasteiger partial charge < -0.3 is 13.6 Å². The van der Waals surface area contributed by atoms with Crippen molar-refractivity contribution in [3.05, 3.63) is 54.1 Å². The quantitative estimate of drug-likeness (QED) is 0.523. The summed E-state index contributed by atoms with van der Waals surface area (Å²) in [5.41, 5.74) is 0.972. The fraction of sp³-hybridized carbons (Fsp3) is 0.250. The normalized spacial score (nSPS) is 20.2. The third-order valence-electron chi connectivity index (χ3n) is 3.79. The van der Waals surface area contributed by atoms with Crippen molar-refractivity contribution in [2.75, 3.05) is 6.61 Å². The Kier molecular flexibility index (Phi) is 5.49. The first-order valence-electron chi connectivity index (χ1n) is 7.57. The summed E-state index contributed by atoms with van der Waals surface area (Å²) in [7, 11) is -2.42. The van der Waals surface area contributed by atoms with Crippen LogP contribution in [0.1, 0.15) is 5.56 Å². The van der Waals surface area contributed by atoms with Gasteiger partial charge >= 0.3 is 14.6 Å². The minimum absolute atomic E-state index is 0.389. The molecule has 1 unspecified atom stereocenters. The number of benzene rings is 2. The molecule has 0 spiro atoms. The van der Waals surface area contributed by atoms with Crippen LogP contribution in [-0.4, -0.2) is 21.2 Å². The smallest absolute Gasteiger partial charge is 0.430 e. The molecule has 1 heterocycles. The van der Waals surface area contributed by atoms with Gasteiger partial charge in [0.25, 0.3) is 0 Å². The molecule has 8 heteroatoms. The number of hydrogen-bond acceptors (Lipinski definition) is 3. The van der Waals surface area contributed by atoms with E-state index in [9.17, 15) is 0 Å². The van der Waals surface area contributed by atoms with Gasteiger partial charge in [0.05, 0.1) is 13.2 Å². The molecule has 0 N–H and O–H groups in total. The predicted octanol–water partition coefficient (Wildman–Crippen LogP) is 4.61. The van der Waals surface area contributed by atoms with Gasteiger partial charge in [0.1, 0.15) is 11.5 Å². The topological polar surface area (TPSA) is 27.7 Å². The van der Waals surface area contributed by atoms with E-state index in [4.69, 9.17) is 46.8 Å². The van der Waals surface area contributed by atoms with Crippen LogP contribution in [0, 0.1) is 0 Å². The lowest BCUT2D eigenvalue weighted by molar-refractivity contribution is 0.216. The van der Waals surface area contributed by atoms with Gasteiger partial charge in [0.2, 0.25) is 0 Å². The molecule has 2 aromatic carbocycles. The maximum absolute atomic E-state index is 6.22. The van der Waals surface area contributed by atoms with Crippen LogP contribution in [0.2, 0.25) is 12.6 Å². The van der Waals surface area contributed by atoms with Crippen LogP contribution in [0.4, 0.5) is 0 Å². The van der Waals surface area contributed by atoms with Crippen molar-refractivity contribution in [2.45, 2.75) is 19.2 Å². The summed E-state index contributed by atoms with van der Waals surface area (Å²) in [4.78, 5) is 0. The second-order valence-electron chi connectivity index (χ2n) is 5.69. The Bertz CT molecular complexity index is 709. The molecular weight excluding hydrogens is 403 g/mol. The molecule has 0 saturated heterocycles. The molecule has 2 aromatic rings. The highest BCUT2D eigenvalue weighted by atomic mass is 35.8. The Morgan fingerprint density at radius 2 is 1.88 bits per heavy atom. The maximum atomic E-state index is 6.22. The van der Waals surface area contributed by atoms with Gasteiger partial charge in [-0.25, -0.2) is 0 Å². The van der Waals surface area contributed by atoms with Crippen LogP contribution in [0.25, 0.3) is 0 Å². The lowest BCUT2D eigenvalue weighted by atomic mass is 10.2. The summed E-state index contributed by atoms with van der Waals surface area (Å²) in [6.07, 6.45) is 0. The molecule has 0 bridgehead atoms. The summed E-state index contributed by atoms with van der Waals surface area (Å²) >= 11 is 17.6. The van der Waals surface area contributed by atoms with E-state index in [1.807, 2.05) is 36.4 Å². The monoisotopic (exact) mass is 418 g/mol. The van der Waals surface area contributed by atoms with Gasteiger partial charge in [0, 0.05) is 16.8 Å². The number of ether oxygens (including phenoxy) is 1. The van der Waals surface area contributed by atoms with Gasteiger partial charge in [-0.05, 0) is 24.7 Å².